The molecule has 3 unspecified atom stereocenters. The van der Waals surface area contributed by atoms with Gasteiger partial charge < -0.3 is 0 Å². The number of rotatable bonds is 11. The quantitative estimate of drug-likeness (QED) is 0.131. The van der Waals surface area contributed by atoms with Crippen LogP contribution in [0.15, 0.2) is 96.1 Å². The Labute approximate surface area is 386 Å². The molecular formula is C56H70Cl2F3SiZr. The van der Waals surface area contributed by atoms with Gasteiger partial charge in [0.25, 0.3) is 0 Å². The van der Waals surface area contributed by atoms with Gasteiger partial charge >= 0.3 is 389 Å². The SMILES string of the molecule is C[SiH](CCC(F)(F)F)[Zr]([Cl])([Cl])([CH]1C(CC2CCCCC2)=Cc2c(-c3ccc(C(C)(C)C)cc3)cccc21)[CH]1C(CC2CCCCC2)=Cc2c(-c3ccc(C(C)(C)C)cc3)cccc21. The molecule has 0 spiro atoms. The first kappa shape index (κ1) is 47.3. The molecule has 0 saturated heterocycles. The van der Waals surface area contributed by atoms with E-state index >= 15 is 0 Å². The second kappa shape index (κ2) is 18.1. The second-order valence-electron chi connectivity index (χ2n) is 22.3. The number of alkyl halides is 3. The molecule has 0 amide bonds. The molecule has 0 bridgehead atoms. The Morgan fingerprint density at radius 3 is 1.29 bits per heavy atom. The van der Waals surface area contributed by atoms with Crippen molar-refractivity contribution in [3.05, 3.63) is 129 Å². The van der Waals surface area contributed by atoms with Crippen molar-refractivity contribution in [1.82, 2.24) is 0 Å². The molecule has 0 nitrogen and oxygen atoms in total. The maximum atomic E-state index is 14.6. The average Bonchev–Trinajstić information content (AvgIpc) is 3.82. The summed E-state index contributed by atoms with van der Waals surface area (Å²) in [6.07, 6.45) is 13.7. The van der Waals surface area contributed by atoms with E-state index in [-0.39, 0.29) is 24.1 Å². The Balaban J connectivity index is 1.35. The van der Waals surface area contributed by atoms with Gasteiger partial charge in [-0.25, -0.2) is 0 Å². The van der Waals surface area contributed by atoms with Crippen LogP contribution in [0.4, 0.5) is 13.2 Å². The van der Waals surface area contributed by atoms with Crippen LogP contribution >= 0.6 is 17.0 Å². The van der Waals surface area contributed by atoms with Crippen LogP contribution in [0.1, 0.15) is 166 Å². The summed E-state index contributed by atoms with van der Waals surface area (Å²) in [6, 6.07) is 31.4. The summed E-state index contributed by atoms with van der Waals surface area (Å²) in [5, 5.41) is 0. The Bertz CT molecular complexity index is 2180. The van der Waals surface area contributed by atoms with Crippen molar-refractivity contribution in [3.8, 4) is 22.3 Å². The topological polar surface area (TPSA) is 0 Å². The minimum absolute atomic E-state index is 0.0281. The fourth-order valence-electron chi connectivity index (χ4n) is 12.2. The van der Waals surface area contributed by atoms with Crippen LogP contribution in [0.3, 0.4) is 0 Å². The van der Waals surface area contributed by atoms with E-state index in [1.54, 1.807) is 0 Å². The van der Waals surface area contributed by atoms with Gasteiger partial charge in [0, 0.05) is 0 Å². The number of hydrogen-bond acceptors (Lipinski definition) is 0. The molecule has 3 atom stereocenters. The van der Waals surface area contributed by atoms with E-state index in [1.807, 2.05) is 0 Å². The molecule has 63 heavy (non-hydrogen) atoms. The normalized spacial score (nSPS) is 21.3. The zero-order chi connectivity index (χ0) is 45.0. The maximum absolute atomic E-state index is 14.6. The van der Waals surface area contributed by atoms with E-state index in [2.05, 4.69) is 145 Å². The van der Waals surface area contributed by atoms with Crippen LogP contribution in [0.2, 0.25) is 12.6 Å². The molecule has 0 radical (unpaired) electrons. The number of halogens is 5. The average molecular weight is 990 g/mol. The Hall–Kier alpha value is -2.17. The zero-order valence-corrected chi connectivity index (χ0v) is 44.0. The van der Waals surface area contributed by atoms with Crippen LogP contribution in [-0.4, -0.2) is 12.1 Å². The van der Waals surface area contributed by atoms with E-state index in [0.29, 0.717) is 11.8 Å². The minimum atomic E-state index is -5.70. The van der Waals surface area contributed by atoms with Gasteiger partial charge in [-0.1, -0.05) is 0 Å². The van der Waals surface area contributed by atoms with Gasteiger partial charge in [-0.15, -0.1) is 0 Å². The zero-order valence-electron chi connectivity index (χ0n) is 38.9. The van der Waals surface area contributed by atoms with Crippen molar-refractivity contribution < 1.29 is 28.7 Å². The summed E-state index contributed by atoms with van der Waals surface area (Å²) >= 11 is -5.70. The number of hydrogen-bond donors (Lipinski definition) is 0. The Kier molecular flexibility index (Phi) is 13.6. The number of benzene rings is 4. The third-order valence-corrected chi connectivity index (χ3v) is 66.0. The van der Waals surface area contributed by atoms with Gasteiger partial charge in [-0.05, 0) is 0 Å². The van der Waals surface area contributed by atoms with Crippen molar-refractivity contribution >= 4 is 35.1 Å². The van der Waals surface area contributed by atoms with Crippen LogP contribution < -0.4 is 0 Å². The number of allylic oxidation sites excluding steroid dienone is 2. The van der Waals surface area contributed by atoms with E-state index in [4.69, 9.17) is 17.0 Å². The third kappa shape index (κ3) is 9.67. The predicted molar refractivity (Wildman–Crippen MR) is 265 cm³/mol. The Morgan fingerprint density at radius 2 is 0.937 bits per heavy atom. The van der Waals surface area contributed by atoms with Gasteiger partial charge in [0.2, 0.25) is 0 Å². The summed E-state index contributed by atoms with van der Waals surface area (Å²) in [6.45, 7) is 15.6. The second-order valence-corrected chi connectivity index (χ2v) is 63.6. The molecule has 0 aliphatic heterocycles. The van der Waals surface area contributed by atoms with E-state index in [1.165, 1.54) is 109 Å². The molecule has 0 N–H and O–H groups in total. The molecule has 8 rings (SSSR count). The van der Waals surface area contributed by atoms with Gasteiger partial charge in [-0.2, -0.15) is 0 Å². The molecule has 0 aromatic heterocycles. The van der Waals surface area contributed by atoms with Crippen LogP contribution in [0.25, 0.3) is 34.4 Å². The molecule has 4 aromatic carbocycles. The summed E-state index contributed by atoms with van der Waals surface area (Å²) in [5.74, 6) is -1.51. The summed E-state index contributed by atoms with van der Waals surface area (Å²) in [7, 11) is 18.2. The molecule has 4 aliphatic carbocycles. The van der Waals surface area contributed by atoms with Crippen LogP contribution in [0, 0.1) is 11.8 Å². The van der Waals surface area contributed by atoms with Crippen molar-refractivity contribution in [2.24, 2.45) is 11.8 Å². The van der Waals surface area contributed by atoms with Crippen LogP contribution in [-0.2, 0) is 26.4 Å². The van der Waals surface area contributed by atoms with Gasteiger partial charge in [0.15, 0.2) is 0 Å². The van der Waals surface area contributed by atoms with Crippen molar-refractivity contribution in [2.45, 2.75) is 162 Å². The molecule has 4 aliphatic rings. The molecular weight excluding hydrogens is 920 g/mol. The van der Waals surface area contributed by atoms with E-state index < -0.39 is 34.1 Å². The van der Waals surface area contributed by atoms with Crippen molar-refractivity contribution in [3.63, 3.8) is 0 Å². The van der Waals surface area contributed by atoms with Crippen LogP contribution in [0.5, 0.6) is 0 Å². The van der Waals surface area contributed by atoms with Crippen molar-refractivity contribution in [1.29, 1.82) is 0 Å². The molecule has 2 saturated carbocycles. The van der Waals surface area contributed by atoms with Crippen molar-refractivity contribution in [2.75, 3.05) is 0 Å². The fraction of sp³-hybridized carbons (Fsp3) is 0.500. The number of fused-ring (bicyclic) bond motifs is 2. The van der Waals surface area contributed by atoms with Gasteiger partial charge in [-0.3, -0.25) is 0 Å². The molecule has 2 fully saturated rings. The first-order chi connectivity index (χ1) is 29.7. The monoisotopic (exact) mass is 987 g/mol. The predicted octanol–water partition coefficient (Wildman–Crippen LogP) is 18.4. The van der Waals surface area contributed by atoms with Gasteiger partial charge in [0.05, 0.1) is 0 Å². The molecule has 7 heteroatoms. The molecule has 0 heterocycles. The fourth-order valence-corrected chi connectivity index (χ4v) is 52.3. The first-order valence-electron chi connectivity index (χ1n) is 24.2. The first-order valence-corrected chi connectivity index (χ1v) is 40.2. The molecule has 337 valence electrons. The summed E-state index contributed by atoms with van der Waals surface area (Å²) in [5.41, 5.74) is 14.6. The van der Waals surface area contributed by atoms with E-state index in [0.717, 1.165) is 35.1 Å². The van der Waals surface area contributed by atoms with E-state index in [9.17, 15) is 13.2 Å². The Morgan fingerprint density at radius 1 is 0.556 bits per heavy atom. The van der Waals surface area contributed by atoms with Gasteiger partial charge in [0.1, 0.15) is 0 Å². The standard InChI is InChI=1S/2C26H31.C4H8F3Si.2ClH.Zr/c2*1-26(2,3)23-14-12-21(13-15-23)24-11-7-10-22-17-20(18-25(22)24)16-19-8-5-4-6-9-19;1-8-3-2-4(5,6)7;;;/h2*7,10-15,17-19H,4-6,8-9,16H2,1-3H3;8H,2-3H2,1H3;2*1H;/q;;;;;+2/p-2. The third-order valence-electron chi connectivity index (χ3n) is 15.8. The summed E-state index contributed by atoms with van der Waals surface area (Å²) in [4.78, 5) is 0. The molecule has 4 aromatic rings. The summed E-state index contributed by atoms with van der Waals surface area (Å²) < 4.78 is 43.2.